The highest BCUT2D eigenvalue weighted by Gasteiger charge is 2.24. The van der Waals surface area contributed by atoms with Gasteiger partial charge >= 0.3 is 0 Å². The third-order valence-electron chi connectivity index (χ3n) is 5.01. The normalized spacial score (nSPS) is 15.4. The van der Waals surface area contributed by atoms with E-state index in [-0.39, 0.29) is 24.9 Å². The standard InChI is InChI=1S/C22H27FN2O4/c1-3-24-13-16-12-17(23)4-9-21(16)25(11-10-22(24)27)14-18(26)15-29-20-7-5-19(28-2)6-8-20/h4-9,12,18,26H,3,10-11,13-15H2,1-2H3. The Morgan fingerprint density at radius 3 is 2.55 bits per heavy atom. The van der Waals surface area contributed by atoms with Gasteiger partial charge in [0.05, 0.1) is 7.11 Å². The van der Waals surface area contributed by atoms with E-state index in [4.69, 9.17) is 9.47 Å². The Balaban J connectivity index is 1.69. The van der Waals surface area contributed by atoms with Gasteiger partial charge in [0.1, 0.15) is 30.0 Å². The summed E-state index contributed by atoms with van der Waals surface area (Å²) in [5.41, 5.74) is 1.57. The van der Waals surface area contributed by atoms with Crippen molar-refractivity contribution in [3.8, 4) is 11.5 Å². The van der Waals surface area contributed by atoms with Gasteiger partial charge in [-0.15, -0.1) is 0 Å². The first-order valence-corrected chi connectivity index (χ1v) is 9.76. The molecule has 3 rings (SSSR count). The van der Waals surface area contributed by atoms with E-state index < -0.39 is 6.10 Å². The molecule has 1 heterocycles. The number of anilines is 1. The number of aliphatic hydroxyl groups excluding tert-OH is 1. The molecule has 0 saturated heterocycles. The summed E-state index contributed by atoms with van der Waals surface area (Å²) in [6, 6.07) is 11.7. The molecule has 1 aliphatic rings. The molecule has 156 valence electrons. The molecule has 0 radical (unpaired) electrons. The summed E-state index contributed by atoms with van der Waals surface area (Å²) in [6.07, 6.45) is -0.428. The van der Waals surface area contributed by atoms with E-state index in [0.717, 1.165) is 17.0 Å². The molecule has 2 aromatic rings. The smallest absolute Gasteiger partial charge is 0.224 e. The quantitative estimate of drug-likeness (QED) is 0.772. The van der Waals surface area contributed by atoms with Crippen LogP contribution in [0, 0.1) is 5.82 Å². The van der Waals surface area contributed by atoms with E-state index >= 15 is 0 Å². The van der Waals surface area contributed by atoms with Crippen LogP contribution in [0.15, 0.2) is 42.5 Å². The zero-order valence-electron chi connectivity index (χ0n) is 16.8. The average molecular weight is 402 g/mol. The summed E-state index contributed by atoms with van der Waals surface area (Å²) in [6.45, 7) is 3.69. The lowest BCUT2D eigenvalue weighted by Gasteiger charge is -2.34. The Labute approximate surface area is 170 Å². The minimum Gasteiger partial charge on any atom is -0.497 e. The summed E-state index contributed by atoms with van der Waals surface area (Å²) in [5, 5.41) is 10.5. The second-order valence-corrected chi connectivity index (χ2v) is 7.02. The van der Waals surface area contributed by atoms with Crippen LogP contribution >= 0.6 is 0 Å². The van der Waals surface area contributed by atoms with Crippen molar-refractivity contribution in [3.05, 3.63) is 53.8 Å². The molecule has 0 bridgehead atoms. The summed E-state index contributed by atoms with van der Waals surface area (Å²) in [7, 11) is 1.59. The van der Waals surface area contributed by atoms with Gasteiger partial charge in [0.2, 0.25) is 5.91 Å². The molecular weight excluding hydrogens is 375 g/mol. The van der Waals surface area contributed by atoms with E-state index in [0.29, 0.717) is 31.8 Å². The van der Waals surface area contributed by atoms with Gasteiger partial charge in [-0.2, -0.15) is 0 Å². The molecule has 0 aromatic heterocycles. The number of amides is 1. The molecular formula is C22H27FN2O4. The maximum Gasteiger partial charge on any atom is 0.224 e. The molecule has 1 amide bonds. The molecule has 0 fully saturated rings. The molecule has 1 atom stereocenters. The monoisotopic (exact) mass is 402 g/mol. The van der Waals surface area contributed by atoms with Crippen molar-refractivity contribution in [1.82, 2.24) is 4.90 Å². The minimum absolute atomic E-state index is 0.0244. The molecule has 0 aliphatic carbocycles. The van der Waals surface area contributed by atoms with E-state index in [1.54, 1.807) is 42.3 Å². The van der Waals surface area contributed by atoms with Gasteiger partial charge in [0.25, 0.3) is 0 Å². The molecule has 1 N–H and O–H groups in total. The van der Waals surface area contributed by atoms with Gasteiger partial charge in [-0.1, -0.05) is 0 Å². The first-order chi connectivity index (χ1) is 14.0. The van der Waals surface area contributed by atoms with Crippen LogP contribution in [-0.4, -0.2) is 55.4 Å². The number of aliphatic hydroxyl groups is 1. The van der Waals surface area contributed by atoms with Gasteiger partial charge in [-0.3, -0.25) is 4.79 Å². The van der Waals surface area contributed by atoms with Crippen LogP contribution in [0.4, 0.5) is 10.1 Å². The van der Waals surface area contributed by atoms with Crippen LogP contribution < -0.4 is 14.4 Å². The number of hydrogen-bond donors (Lipinski definition) is 1. The summed E-state index contributed by atoms with van der Waals surface area (Å²) in [5.74, 6) is 1.05. The number of β-amino-alcohol motifs (C(OH)–C–C–N with tert-alkyl or cyclic N) is 1. The van der Waals surface area contributed by atoms with Crippen molar-refractivity contribution >= 4 is 11.6 Å². The topological polar surface area (TPSA) is 62.2 Å². The van der Waals surface area contributed by atoms with E-state index in [1.165, 1.54) is 12.1 Å². The summed E-state index contributed by atoms with van der Waals surface area (Å²) in [4.78, 5) is 16.0. The van der Waals surface area contributed by atoms with Crippen molar-refractivity contribution in [2.75, 3.05) is 38.3 Å². The second-order valence-electron chi connectivity index (χ2n) is 7.02. The molecule has 2 aromatic carbocycles. The summed E-state index contributed by atoms with van der Waals surface area (Å²) >= 11 is 0. The van der Waals surface area contributed by atoms with Crippen LogP contribution in [0.25, 0.3) is 0 Å². The van der Waals surface area contributed by atoms with Crippen LogP contribution in [0.1, 0.15) is 18.9 Å². The molecule has 0 spiro atoms. The number of ether oxygens (including phenoxy) is 2. The highest BCUT2D eigenvalue weighted by Crippen LogP contribution is 2.26. The maximum absolute atomic E-state index is 13.8. The number of hydrogen-bond acceptors (Lipinski definition) is 5. The number of carbonyl (C=O) groups excluding carboxylic acids is 1. The van der Waals surface area contributed by atoms with Gasteiger partial charge in [-0.25, -0.2) is 4.39 Å². The van der Waals surface area contributed by atoms with Crippen LogP contribution in [0.5, 0.6) is 11.5 Å². The molecule has 1 aliphatic heterocycles. The van der Waals surface area contributed by atoms with Crippen molar-refractivity contribution in [1.29, 1.82) is 0 Å². The lowest BCUT2D eigenvalue weighted by atomic mass is 10.1. The Bertz CT molecular complexity index is 828. The molecule has 6 nitrogen and oxygen atoms in total. The Kier molecular flexibility index (Phi) is 6.93. The fourth-order valence-electron chi connectivity index (χ4n) is 3.44. The Hall–Kier alpha value is -2.80. The average Bonchev–Trinajstić information content (AvgIpc) is 2.73. The number of rotatable bonds is 7. The number of methoxy groups -OCH3 is 1. The molecule has 0 saturated carbocycles. The third kappa shape index (κ3) is 5.38. The number of benzene rings is 2. The molecule has 29 heavy (non-hydrogen) atoms. The zero-order chi connectivity index (χ0) is 20.8. The van der Waals surface area contributed by atoms with E-state index in [9.17, 15) is 14.3 Å². The van der Waals surface area contributed by atoms with E-state index in [1.807, 2.05) is 11.8 Å². The lowest BCUT2D eigenvalue weighted by Crippen LogP contribution is -2.42. The number of halogens is 1. The summed E-state index contributed by atoms with van der Waals surface area (Å²) < 4.78 is 24.6. The first kappa shape index (κ1) is 20.9. The Morgan fingerprint density at radius 1 is 1.14 bits per heavy atom. The third-order valence-corrected chi connectivity index (χ3v) is 5.01. The van der Waals surface area contributed by atoms with Crippen molar-refractivity contribution in [2.45, 2.75) is 26.0 Å². The van der Waals surface area contributed by atoms with Crippen molar-refractivity contribution < 1.29 is 23.8 Å². The van der Waals surface area contributed by atoms with Gasteiger partial charge in [-0.05, 0) is 55.0 Å². The predicted octanol–water partition coefficient (Wildman–Crippen LogP) is 2.83. The van der Waals surface area contributed by atoms with Crippen LogP contribution in [0.2, 0.25) is 0 Å². The van der Waals surface area contributed by atoms with Gasteiger partial charge < -0.3 is 24.4 Å². The second kappa shape index (κ2) is 9.60. The molecule has 1 unspecified atom stereocenters. The maximum atomic E-state index is 13.8. The van der Waals surface area contributed by atoms with Crippen molar-refractivity contribution in [3.63, 3.8) is 0 Å². The number of fused-ring (bicyclic) bond motifs is 1. The SMILES string of the molecule is CCN1Cc2cc(F)ccc2N(CC(O)COc2ccc(OC)cc2)CCC1=O. The lowest BCUT2D eigenvalue weighted by molar-refractivity contribution is -0.131. The largest absolute Gasteiger partial charge is 0.497 e. The fourth-order valence-corrected chi connectivity index (χ4v) is 3.44. The van der Waals surface area contributed by atoms with Gasteiger partial charge in [0, 0.05) is 38.3 Å². The van der Waals surface area contributed by atoms with Crippen LogP contribution in [-0.2, 0) is 11.3 Å². The first-order valence-electron chi connectivity index (χ1n) is 9.76. The van der Waals surface area contributed by atoms with E-state index in [2.05, 4.69) is 0 Å². The highest BCUT2D eigenvalue weighted by molar-refractivity contribution is 5.78. The Morgan fingerprint density at radius 2 is 1.86 bits per heavy atom. The number of nitrogens with zero attached hydrogens (tertiary/aromatic N) is 2. The predicted molar refractivity (Wildman–Crippen MR) is 109 cm³/mol. The van der Waals surface area contributed by atoms with Crippen LogP contribution in [0.3, 0.4) is 0 Å². The van der Waals surface area contributed by atoms with Gasteiger partial charge in [0.15, 0.2) is 0 Å². The highest BCUT2D eigenvalue weighted by atomic mass is 19.1. The zero-order valence-corrected chi connectivity index (χ0v) is 16.8. The number of carbonyl (C=O) groups is 1. The minimum atomic E-state index is -0.771. The molecule has 7 heteroatoms. The van der Waals surface area contributed by atoms with Crippen molar-refractivity contribution in [2.24, 2.45) is 0 Å². The fraction of sp³-hybridized carbons (Fsp3) is 0.409.